The Labute approximate surface area is 131 Å². The quantitative estimate of drug-likeness (QED) is 0.713. The second-order valence-electron chi connectivity index (χ2n) is 4.94. The van der Waals surface area contributed by atoms with Gasteiger partial charge in [-0.2, -0.15) is 0 Å². The molecule has 0 saturated carbocycles. The first-order chi connectivity index (χ1) is 10.2. The lowest BCUT2D eigenvalue weighted by Gasteiger charge is -2.29. The molecule has 0 unspecified atom stereocenters. The maximum Gasteiger partial charge on any atom is 0.141 e. The molecule has 0 aromatic rings. The molecule has 1 saturated heterocycles. The predicted molar refractivity (Wildman–Crippen MR) is 95.0 cm³/mol. The van der Waals surface area contributed by atoms with Gasteiger partial charge in [-0.15, -0.1) is 0 Å². The number of fused-ring (bicyclic) bond motifs is 1. The largest absolute Gasteiger partial charge is 0.329 e. The SMILES string of the molecule is C=C(S/C=C\C)C1=NCC(C(/C=C\C)=NC)=C2CCCN12. The van der Waals surface area contributed by atoms with Gasteiger partial charge in [0, 0.05) is 29.8 Å². The highest BCUT2D eigenvalue weighted by Gasteiger charge is 2.30. The van der Waals surface area contributed by atoms with Gasteiger partial charge in [0.25, 0.3) is 0 Å². The molecule has 0 spiro atoms. The molecular formula is C17H23N3S. The van der Waals surface area contributed by atoms with Gasteiger partial charge in [-0.3, -0.25) is 9.98 Å². The summed E-state index contributed by atoms with van der Waals surface area (Å²) >= 11 is 1.64. The van der Waals surface area contributed by atoms with E-state index in [1.165, 1.54) is 17.7 Å². The van der Waals surface area contributed by atoms with E-state index in [-0.39, 0.29) is 0 Å². The van der Waals surface area contributed by atoms with E-state index < -0.39 is 0 Å². The lowest BCUT2D eigenvalue weighted by atomic mass is 10.0. The smallest absolute Gasteiger partial charge is 0.141 e. The van der Waals surface area contributed by atoms with Crippen molar-refractivity contribution in [3.8, 4) is 0 Å². The van der Waals surface area contributed by atoms with Crippen LogP contribution in [0.4, 0.5) is 0 Å². The van der Waals surface area contributed by atoms with Crippen LogP contribution in [0, 0.1) is 0 Å². The summed E-state index contributed by atoms with van der Waals surface area (Å²) in [6.45, 7) is 9.95. The van der Waals surface area contributed by atoms with Crippen LogP contribution >= 0.6 is 11.8 Å². The summed E-state index contributed by atoms with van der Waals surface area (Å²) in [6.07, 6.45) is 8.41. The molecule has 0 N–H and O–H groups in total. The van der Waals surface area contributed by atoms with E-state index in [9.17, 15) is 0 Å². The van der Waals surface area contributed by atoms with Gasteiger partial charge in [0.1, 0.15) is 5.84 Å². The Balaban J connectivity index is 2.29. The number of hydrogen-bond acceptors (Lipinski definition) is 4. The van der Waals surface area contributed by atoms with Crippen LogP contribution in [0.25, 0.3) is 0 Å². The Kier molecular flexibility index (Phi) is 5.62. The molecule has 0 radical (unpaired) electrons. The van der Waals surface area contributed by atoms with Crippen LogP contribution in [0.3, 0.4) is 0 Å². The van der Waals surface area contributed by atoms with Gasteiger partial charge in [0.2, 0.25) is 0 Å². The van der Waals surface area contributed by atoms with E-state index in [0.717, 1.165) is 29.4 Å². The zero-order valence-electron chi connectivity index (χ0n) is 13.1. The summed E-state index contributed by atoms with van der Waals surface area (Å²) in [6, 6.07) is 0. The molecule has 2 aliphatic rings. The Morgan fingerprint density at radius 1 is 1.38 bits per heavy atom. The summed E-state index contributed by atoms with van der Waals surface area (Å²) in [5.74, 6) is 1.03. The first-order valence-corrected chi connectivity index (χ1v) is 8.21. The van der Waals surface area contributed by atoms with E-state index in [2.05, 4.69) is 28.0 Å². The second kappa shape index (κ2) is 7.46. The highest BCUT2D eigenvalue weighted by molar-refractivity contribution is 8.06. The molecule has 0 aromatic heterocycles. The fourth-order valence-electron chi connectivity index (χ4n) is 2.69. The number of nitrogens with zero attached hydrogens (tertiary/aromatic N) is 3. The highest BCUT2D eigenvalue weighted by atomic mass is 32.2. The van der Waals surface area contributed by atoms with Crippen LogP contribution < -0.4 is 0 Å². The van der Waals surface area contributed by atoms with Gasteiger partial charge >= 0.3 is 0 Å². The molecule has 2 aliphatic heterocycles. The predicted octanol–water partition coefficient (Wildman–Crippen LogP) is 4.18. The number of aliphatic imine (C=N–C) groups is 2. The number of thioether (sulfide) groups is 1. The molecule has 0 amide bonds. The van der Waals surface area contributed by atoms with Gasteiger partial charge in [-0.25, -0.2) is 0 Å². The van der Waals surface area contributed by atoms with Crippen molar-refractivity contribution in [2.24, 2.45) is 9.98 Å². The average Bonchev–Trinajstić information content (AvgIpc) is 2.99. The zero-order valence-corrected chi connectivity index (χ0v) is 13.9. The van der Waals surface area contributed by atoms with Crippen LogP contribution in [0.5, 0.6) is 0 Å². The van der Waals surface area contributed by atoms with Crippen molar-refractivity contribution in [1.29, 1.82) is 0 Å². The maximum atomic E-state index is 4.77. The van der Waals surface area contributed by atoms with Crippen molar-refractivity contribution in [3.05, 3.63) is 46.4 Å². The van der Waals surface area contributed by atoms with Gasteiger partial charge in [-0.05, 0) is 38.2 Å². The Morgan fingerprint density at radius 3 is 2.86 bits per heavy atom. The van der Waals surface area contributed by atoms with E-state index in [1.54, 1.807) is 11.8 Å². The third-order valence-corrected chi connectivity index (χ3v) is 4.46. The highest BCUT2D eigenvalue weighted by Crippen LogP contribution is 2.33. The molecule has 21 heavy (non-hydrogen) atoms. The monoisotopic (exact) mass is 301 g/mol. The number of allylic oxidation sites excluding steroid dienone is 4. The fourth-order valence-corrected chi connectivity index (χ4v) is 3.27. The normalized spacial score (nSPS) is 19.7. The second-order valence-corrected chi connectivity index (χ2v) is 5.94. The summed E-state index contributed by atoms with van der Waals surface area (Å²) in [7, 11) is 1.85. The third kappa shape index (κ3) is 3.38. The lowest BCUT2D eigenvalue weighted by Crippen LogP contribution is -2.33. The molecule has 4 heteroatoms. The zero-order chi connectivity index (χ0) is 15.2. The Morgan fingerprint density at radius 2 is 2.19 bits per heavy atom. The first kappa shape index (κ1) is 15.8. The van der Waals surface area contributed by atoms with E-state index in [4.69, 9.17) is 4.99 Å². The molecule has 0 aliphatic carbocycles. The molecule has 112 valence electrons. The summed E-state index contributed by atoms with van der Waals surface area (Å²) in [4.78, 5) is 12.5. The topological polar surface area (TPSA) is 28.0 Å². The van der Waals surface area contributed by atoms with Gasteiger partial charge in [-0.1, -0.05) is 30.5 Å². The van der Waals surface area contributed by atoms with Gasteiger partial charge in [0.15, 0.2) is 0 Å². The van der Waals surface area contributed by atoms with Crippen molar-refractivity contribution in [2.45, 2.75) is 26.7 Å². The molecule has 2 heterocycles. The molecule has 2 rings (SSSR count). The Bertz CT molecular complexity index is 565. The van der Waals surface area contributed by atoms with E-state index in [1.807, 2.05) is 33.0 Å². The maximum absolute atomic E-state index is 4.77. The molecule has 0 aromatic carbocycles. The summed E-state index contributed by atoms with van der Waals surface area (Å²) in [5, 5.41) is 2.05. The molecule has 0 atom stereocenters. The summed E-state index contributed by atoms with van der Waals surface area (Å²) in [5.41, 5.74) is 3.69. The van der Waals surface area contributed by atoms with Crippen LogP contribution in [-0.2, 0) is 0 Å². The number of hydrogen-bond donors (Lipinski definition) is 0. The minimum Gasteiger partial charge on any atom is -0.329 e. The van der Waals surface area contributed by atoms with Crippen LogP contribution in [0.2, 0.25) is 0 Å². The standard InChI is InChI=1S/C17H23N3S/c1-5-8-15(18-4)14-12-19-17(13(3)21-11-6-2)20-10-7-9-16(14)20/h5-6,8,11H,3,7,9-10,12H2,1-2,4H3/b8-5-,11-6-,18-15?. The van der Waals surface area contributed by atoms with Gasteiger partial charge < -0.3 is 4.90 Å². The molecular weight excluding hydrogens is 278 g/mol. The third-order valence-electron chi connectivity index (χ3n) is 3.58. The minimum absolute atomic E-state index is 0.702. The molecule has 3 nitrogen and oxygen atoms in total. The Hall–Kier alpha value is -1.55. The van der Waals surface area contributed by atoms with Crippen LogP contribution in [-0.4, -0.2) is 36.6 Å². The van der Waals surface area contributed by atoms with Gasteiger partial charge in [0.05, 0.1) is 12.3 Å². The van der Waals surface area contributed by atoms with Crippen LogP contribution in [0.15, 0.2) is 56.4 Å². The number of rotatable bonds is 5. The summed E-state index contributed by atoms with van der Waals surface area (Å²) < 4.78 is 0. The van der Waals surface area contributed by atoms with Crippen molar-refractivity contribution < 1.29 is 0 Å². The molecule has 1 fully saturated rings. The molecule has 0 bridgehead atoms. The van der Waals surface area contributed by atoms with E-state index in [0.29, 0.717) is 6.54 Å². The first-order valence-electron chi connectivity index (χ1n) is 7.33. The van der Waals surface area contributed by atoms with Crippen molar-refractivity contribution in [3.63, 3.8) is 0 Å². The average molecular weight is 301 g/mol. The van der Waals surface area contributed by atoms with Crippen molar-refractivity contribution >= 4 is 23.3 Å². The van der Waals surface area contributed by atoms with Crippen molar-refractivity contribution in [1.82, 2.24) is 4.90 Å². The van der Waals surface area contributed by atoms with Crippen molar-refractivity contribution in [2.75, 3.05) is 20.1 Å². The minimum atomic E-state index is 0.702. The van der Waals surface area contributed by atoms with Crippen LogP contribution in [0.1, 0.15) is 26.7 Å². The lowest BCUT2D eigenvalue weighted by molar-refractivity contribution is 0.574. The van der Waals surface area contributed by atoms with E-state index >= 15 is 0 Å². The number of amidine groups is 1. The fraction of sp³-hybridized carbons (Fsp3) is 0.412.